The van der Waals surface area contributed by atoms with Crippen LogP contribution in [0.3, 0.4) is 0 Å². The molecule has 0 aromatic rings. The van der Waals surface area contributed by atoms with Crippen molar-refractivity contribution in [2.24, 2.45) is 11.7 Å². The van der Waals surface area contributed by atoms with E-state index < -0.39 is 24.2 Å². The fourth-order valence-corrected chi connectivity index (χ4v) is 1.55. The van der Waals surface area contributed by atoms with Crippen molar-refractivity contribution in [1.29, 1.82) is 0 Å². The topological polar surface area (TPSA) is 46.2 Å². The van der Waals surface area contributed by atoms with Crippen molar-refractivity contribution in [1.82, 2.24) is 0 Å². The van der Waals surface area contributed by atoms with E-state index in [4.69, 9.17) is 10.8 Å². The summed E-state index contributed by atoms with van der Waals surface area (Å²) in [5.41, 5.74) is 5.30. The van der Waals surface area contributed by atoms with Crippen LogP contribution in [0.1, 0.15) is 19.3 Å². The maximum Gasteiger partial charge on any atom is 0.393 e. The molecular weight excluding hydrogens is 171 g/mol. The van der Waals surface area contributed by atoms with Crippen molar-refractivity contribution < 1.29 is 18.3 Å². The van der Waals surface area contributed by atoms with E-state index in [0.717, 1.165) is 0 Å². The Balaban J connectivity index is 2.61. The third kappa shape index (κ3) is 2.10. The molecule has 1 rings (SSSR count). The maximum atomic E-state index is 12.2. The Kier molecular flexibility index (Phi) is 2.63. The zero-order valence-corrected chi connectivity index (χ0v) is 6.51. The Morgan fingerprint density at radius 3 is 2.25 bits per heavy atom. The van der Waals surface area contributed by atoms with Crippen LogP contribution in [0, 0.1) is 5.92 Å². The molecule has 3 N–H and O–H groups in total. The molecule has 1 aliphatic rings. The molecular formula is C7H12F3NO. The minimum absolute atomic E-state index is 0.245. The van der Waals surface area contributed by atoms with Gasteiger partial charge in [0.15, 0.2) is 0 Å². The molecule has 0 aliphatic heterocycles. The van der Waals surface area contributed by atoms with Gasteiger partial charge in [-0.15, -0.1) is 0 Å². The fraction of sp³-hybridized carbons (Fsp3) is 1.00. The molecule has 0 spiro atoms. The van der Waals surface area contributed by atoms with E-state index in [1.54, 1.807) is 0 Å². The van der Waals surface area contributed by atoms with Gasteiger partial charge in [0.2, 0.25) is 0 Å². The lowest BCUT2D eigenvalue weighted by Crippen LogP contribution is -2.45. The predicted molar refractivity (Wildman–Crippen MR) is 37.4 cm³/mol. The zero-order chi connectivity index (χ0) is 9.35. The highest BCUT2D eigenvalue weighted by molar-refractivity contribution is 4.86. The number of aliphatic hydroxyl groups excluding tert-OH is 1. The highest BCUT2D eigenvalue weighted by Crippen LogP contribution is 2.36. The van der Waals surface area contributed by atoms with Crippen molar-refractivity contribution in [2.75, 3.05) is 0 Å². The summed E-state index contributed by atoms with van der Waals surface area (Å²) < 4.78 is 36.5. The molecule has 1 aliphatic carbocycles. The molecule has 5 heteroatoms. The molecule has 72 valence electrons. The van der Waals surface area contributed by atoms with Crippen molar-refractivity contribution in [2.45, 2.75) is 37.6 Å². The molecule has 0 aromatic heterocycles. The third-order valence-electron chi connectivity index (χ3n) is 2.30. The smallest absolute Gasteiger partial charge is 0.393 e. The highest BCUT2D eigenvalue weighted by Gasteiger charge is 2.46. The van der Waals surface area contributed by atoms with E-state index >= 15 is 0 Å². The number of rotatable bonds is 0. The van der Waals surface area contributed by atoms with Gasteiger partial charge in [0.25, 0.3) is 0 Å². The van der Waals surface area contributed by atoms with Crippen LogP contribution in [0.2, 0.25) is 0 Å². The molecule has 1 saturated carbocycles. The van der Waals surface area contributed by atoms with E-state index in [1.165, 1.54) is 0 Å². The number of nitrogens with two attached hydrogens (primary N) is 1. The number of alkyl halides is 3. The summed E-state index contributed by atoms with van der Waals surface area (Å²) in [7, 11) is 0. The van der Waals surface area contributed by atoms with Crippen molar-refractivity contribution in [3.63, 3.8) is 0 Å². The van der Waals surface area contributed by atoms with Gasteiger partial charge in [0, 0.05) is 6.04 Å². The molecule has 0 bridgehead atoms. The van der Waals surface area contributed by atoms with Crippen molar-refractivity contribution in [3.8, 4) is 0 Å². The van der Waals surface area contributed by atoms with Crippen LogP contribution in [0.5, 0.6) is 0 Å². The van der Waals surface area contributed by atoms with Gasteiger partial charge in [-0.1, -0.05) is 0 Å². The molecule has 0 aromatic carbocycles. The lowest BCUT2D eigenvalue weighted by Gasteiger charge is -2.32. The summed E-state index contributed by atoms with van der Waals surface area (Å²) in [6, 6.07) is -0.839. The largest absolute Gasteiger partial charge is 0.393 e. The number of aliphatic hydroxyl groups is 1. The molecule has 0 heterocycles. The van der Waals surface area contributed by atoms with Gasteiger partial charge in [-0.3, -0.25) is 0 Å². The Hall–Kier alpha value is -0.290. The second-order valence-corrected chi connectivity index (χ2v) is 3.28. The monoisotopic (exact) mass is 183 g/mol. The van der Waals surface area contributed by atoms with Crippen LogP contribution in [0.25, 0.3) is 0 Å². The first-order valence-corrected chi connectivity index (χ1v) is 3.91. The lowest BCUT2D eigenvalue weighted by atomic mass is 9.83. The van der Waals surface area contributed by atoms with E-state index in [-0.39, 0.29) is 12.8 Å². The Bertz CT molecular complexity index is 159. The van der Waals surface area contributed by atoms with Gasteiger partial charge in [-0.25, -0.2) is 0 Å². The first-order valence-electron chi connectivity index (χ1n) is 3.91. The van der Waals surface area contributed by atoms with E-state index in [2.05, 4.69) is 0 Å². The van der Waals surface area contributed by atoms with Crippen LogP contribution >= 0.6 is 0 Å². The van der Waals surface area contributed by atoms with Crippen molar-refractivity contribution >= 4 is 0 Å². The lowest BCUT2D eigenvalue weighted by molar-refractivity contribution is -0.194. The van der Waals surface area contributed by atoms with Crippen LogP contribution in [0.15, 0.2) is 0 Å². The SMILES string of the molecule is NC1CCC(O)CC1C(F)(F)F. The Morgan fingerprint density at radius 2 is 1.83 bits per heavy atom. The first-order chi connectivity index (χ1) is 5.41. The molecule has 2 nitrogen and oxygen atoms in total. The Labute approximate surface area is 68.6 Å². The van der Waals surface area contributed by atoms with Crippen molar-refractivity contribution in [3.05, 3.63) is 0 Å². The number of halogens is 3. The number of hydrogen-bond acceptors (Lipinski definition) is 2. The van der Waals surface area contributed by atoms with Gasteiger partial charge in [0.05, 0.1) is 12.0 Å². The van der Waals surface area contributed by atoms with Crippen LogP contribution in [0.4, 0.5) is 13.2 Å². The Morgan fingerprint density at radius 1 is 1.25 bits per heavy atom. The van der Waals surface area contributed by atoms with E-state index in [0.29, 0.717) is 6.42 Å². The first kappa shape index (κ1) is 9.80. The van der Waals surface area contributed by atoms with E-state index in [9.17, 15) is 13.2 Å². The van der Waals surface area contributed by atoms with E-state index in [1.807, 2.05) is 0 Å². The second-order valence-electron chi connectivity index (χ2n) is 3.28. The van der Waals surface area contributed by atoms with Crippen LogP contribution in [-0.4, -0.2) is 23.4 Å². The summed E-state index contributed by atoms with van der Waals surface area (Å²) in [6.07, 6.45) is -4.71. The molecule has 0 saturated heterocycles. The standard InChI is InChI=1S/C7H12F3NO/c8-7(9,10)5-3-4(12)1-2-6(5)11/h4-6,12H,1-3,11H2. The zero-order valence-electron chi connectivity index (χ0n) is 6.51. The van der Waals surface area contributed by atoms with Gasteiger partial charge in [-0.05, 0) is 19.3 Å². The average molecular weight is 183 g/mol. The molecule has 12 heavy (non-hydrogen) atoms. The molecule has 3 atom stereocenters. The summed E-state index contributed by atoms with van der Waals surface area (Å²) in [5.74, 6) is -1.53. The third-order valence-corrected chi connectivity index (χ3v) is 2.30. The van der Waals surface area contributed by atoms with Crippen LogP contribution < -0.4 is 5.73 Å². The number of hydrogen-bond donors (Lipinski definition) is 2. The van der Waals surface area contributed by atoms with Gasteiger partial charge in [-0.2, -0.15) is 13.2 Å². The molecule has 3 unspecified atom stereocenters. The summed E-state index contributed by atoms with van der Waals surface area (Å²) in [4.78, 5) is 0. The molecule has 1 fully saturated rings. The normalized spacial score (nSPS) is 38.2. The van der Waals surface area contributed by atoms with Gasteiger partial charge in [0.1, 0.15) is 0 Å². The predicted octanol–water partition coefficient (Wildman–Crippen LogP) is 1.04. The summed E-state index contributed by atoms with van der Waals surface area (Å²) in [5, 5.41) is 9.01. The molecule has 0 radical (unpaired) electrons. The summed E-state index contributed by atoms with van der Waals surface area (Å²) in [6.45, 7) is 0. The van der Waals surface area contributed by atoms with Gasteiger partial charge < -0.3 is 10.8 Å². The summed E-state index contributed by atoms with van der Waals surface area (Å²) >= 11 is 0. The van der Waals surface area contributed by atoms with Crippen LogP contribution in [-0.2, 0) is 0 Å². The quantitative estimate of drug-likeness (QED) is 0.589. The van der Waals surface area contributed by atoms with Gasteiger partial charge >= 0.3 is 6.18 Å². The highest BCUT2D eigenvalue weighted by atomic mass is 19.4. The minimum atomic E-state index is -4.26. The second kappa shape index (κ2) is 3.22. The fourth-order valence-electron chi connectivity index (χ4n) is 1.55. The average Bonchev–Trinajstić information content (AvgIpc) is 1.92. The minimum Gasteiger partial charge on any atom is -0.393 e. The maximum absolute atomic E-state index is 12.2. The molecule has 0 amide bonds.